The third-order valence-electron chi connectivity index (χ3n) is 4.62. The number of nitrogens with one attached hydrogen (secondary N) is 2. The number of carbonyl (C=O) groups is 2. The van der Waals surface area contributed by atoms with Crippen LogP contribution in [0.5, 0.6) is 0 Å². The molecule has 1 amide bonds. The number of carbonyl (C=O) groups excluding carboxylic acids is 1. The van der Waals surface area contributed by atoms with Crippen molar-refractivity contribution >= 4 is 29.4 Å². The molecule has 1 aromatic heterocycles. The Morgan fingerprint density at radius 3 is 2.45 bits per heavy atom. The van der Waals surface area contributed by atoms with Gasteiger partial charge in [0.25, 0.3) is 0 Å². The second-order valence-electron chi connectivity index (χ2n) is 6.80. The Bertz CT molecular complexity index is 864. The van der Waals surface area contributed by atoms with Crippen molar-refractivity contribution in [2.45, 2.75) is 32.7 Å². The fraction of sp³-hybridized carbons (Fsp3) is 0.400. The largest absolute Gasteiger partial charge is 0.478 e. The smallest absolute Gasteiger partial charge is 0.409 e. The van der Waals surface area contributed by atoms with Crippen molar-refractivity contribution in [3.63, 3.8) is 0 Å². The second-order valence-corrected chi connectivity index (χ2v) is 6.80. The lowest BCUT2D eigenvalue weighted by Crippen LogP contribution is -2.42. The van der Waals surface area contributed by atoms with Crippen LogP contribution in [0.4, 0.5) is 22.1 Å². The highest BCUT2D eigenvalue weighted by Crippen LogP contribution is 2.21. The van der Waals surface area contributed by atoms with Crippen LogP contribution in [0, 0.1) is 6.92 Å². The number of benzene rings is 1. The van der Waals surface area contributed by atoms with Crippen molar-refractivity contribution in [1.82, 2.24) is 14.9 Å². The van der Waals surface area contributed by atoms with Gasteiger partial charge in [-0.05, 0) is 51.0 Å². The van der Waals surface area contributed by atoms with Crippen LogP contribution in [0.15, 0.2) is 30.3 Å². The summed E-state index contributed by atoms with van der Waals surface area (Å²) >= 11 is 0. The standard InChI is InChI=1S/C20H25N5O4/c1-3-29-20(28)25-10-8-16(9-11-25)24-18-12-17(21-13(2)22-18)23-15-6-4-14(5-7-15)19(26)27/h4-7,12,16H,3,8-11H2,1-2H3,(H,26,27)(H2,21,22,23,24). The number of amides is 1. The predicted octanol–water partition coefficient (Wildman–Crippen LogP) is 3.26. The van der Waals surface area contributed by atoms with Gasteiger partial charge in [-0.1, -0.05) is 0 Å². The van der Waals surface area contributed by atoms with Gasteiger partial charge in [0.1, 0.15) is 17.5 Å². The molecule has 3 rings (SSSR count). The number of hydrogen-bond acceptors (Lipinski definition) is 7. The van der Waals surface area contributed by atoms with E-state index in [2.05, 4.69) is 20.6 Å². The summed E-state index contributed by atoms with van der Waals surface area (Å²) < 4.78 is 5.05. The molecule has 2 heterocycles. The van der Waals surface area contributed by atoms with Gasteiger partial charge in [0.2, 0.25) is 0 Å². The van der Waals surface area contributed by atoms with Crippen molar-refractivity contribution in [1.29, 1.82) is 0 Å². The maximum atomic E-state index is 11.8. The van der Waals surface area contributed by atoms with Gasteiger partial charge in [0.15, 0.2) is 0 Å². The van der Waals surface area contributed by atoms with E-state index in [0.29, 0.717) is 37.2 Å². The Morgan fingerprint density at radius 1 is 1.17 bits per heavy atom. The number of piperidine rings is 1. The predicted molar refractivity (Wildman–Crippen MR) is 109 cm³/mol. The Kier molecular flexibility index (Phi) is 6.48. The molecule has 0 radical (unpaired) electrons. The average Bonchev–Trinajstić information content (AvgIpc) is 2.68. The van der Waals surface area contributed by atoms with Crippen LogP contribution in [-0.4, -0.2) is 57.8 Å². The van der Waals surface area contributed by atoms with Gasteiger partial charge in [0, 0.05) is 30.9 Å². The molecule has 1 aliphatic rings. The Hall–Kier alpha value is -3.36. The number of carboxylic acid groups (broad SMARTS) is 1. The first-order chi connectivity index (χ1) is 13.9. The zero-order valence-electron chi connectivity index (χ0n) is 16.5. The molecular formula is C20H25N5O4. The molecular weight excluding hydrogens is 374 g/mol. The fourth-order valence-electron chi connectivity index (χ4n) is 3.18. The molecule has 1 saturated heterocycles. The number of nitrogens with zero attached hydrogens (tertiary/aromatic N) is 3. The van der Waals surface area contributed by atoms with Gasteiger partial charge < -0.3 is 25.4 Å². The number of anilines is 3. The van der Waals surface area contributed by atoms with Crippen LogP contribution >= 0.6 is 0 Å². The summed E-state index contributed by atoms with van der Waals surface area (Å²) in [5.41, 5.74) is 0.965. The third-order valence-corrected chi connectivity index (χ3v) is 4.62. The van der Waals surface area contributed by atoms with Gasteiger partial charge in [0.05, 0.1) is 12.2 Å². The van der Waals surface area contributed by atoms with Crippen LogP contribution in [0.2, 0.25) is 0 Å². The quantitative estimate of drug-likeness (QED) is 0.678. The molecule has 0 atom stereocenters. The summed E-state index contributed by atoms with van der Waals surface area (Å²) in [7, 11) is 0. The highest BCUT2D eigenvalue weighted by Gasteiger charge is 2.23. The summed E-state index contributed by atoms with van der Waals surface area (Å²) in [6, 6.07) is 8.48. The van der Waals surface area contributed by atoms with Crippen molar-refractivity contribution < 1.29 is 19.4 Å². The van der Waals surface area contributed by atoms with Crippen LogP contribution in [-0.2, 0) is 4.74 Å². The molecule has 29 heavy (non-hydrogen) atoms. The average molecular weight is 399 g/mol. The first-order valence-corrected chi connectivity index (χ1v) is 9.59. The Labute approximate surface area is 169 Å². The molecule has 1 aromatic carbocycles. The number of carboxylic acids is 1. The minimum Gasteiger partial charge on any atom is -0.478 e. The van der Waals surface area contributed by atoms with Crippen molar-refractivity contribution in [2.75, 3.05) is 30.3 Å². The lowest BCUT2D eigenvalue weighted by atomic mass is 10.1. The molecule has 0 aliphatic carbocycles. The number of aryl methyl sites for hydroxylation is 1. The van der Waals surface area contributed by atoms with E-state index in [4.69, 9.17) is 9.84 Å². The van der Waals surface area contributed by atoms with E-state index in [0.717, 1.165) is 18.5 Å². The first kappa shape index (κ1) is 20.4. The monoisotopic (exact) mass is 399 g/mol. The van der Waals surface area contributed by atoms with Crippen LogP contribution in [0.1, 0.15) is 35.9 Å². The van der Waals surface area contributed by atoms with Crippen LogP contribution in [0.3, 0.4) is 0 Å². The summed E-state index contributed by atoms with van der Waals surface area (Å²) in [5.74, 6) is 0.974. The summed E-state index contributed by atoms with van der Waals surface area (Å²) in [6.45, 7) is 5.28. The SMILES string of the molecule is CCOC(=O)N1CCC(Nc2cc(Nc3ccc(C(=O)O)cc3)nc(C)n2)CC1. The molecule has 0 bridgehead atoms. The molecule has 0 saturated carbocycles. The van der Waals surface area contributed by atoms with Gasteiger partial charge in [-0.3, -0.25) is 0 Å². The number of ether oxygens (including phenoxy) is 1. The lowest BCUT2D eigenvalue weighted by Gasteiger charge is -2.31. The molecule has 9 nitrogen and oxygen atoms in total. The highest BCUT2D eigenvalue weighted by atomic mass is 16.6. The Balaban J connectivity index is 1.61. The summed E-state index contributed by atoms with van der Waals surface area (Å²) in [6.07, 6.45) is 1.35. The molecule has 9 heteroatoms. The number of aromatic carboxylic acids is 1. The maximum absolute atomic E-state index is 11.8. The number of aromatic nitrogens is 2. The summed E-state index contributed by atoms with van der Waals surface area (Å²) in [4.78, 5) is 33.3. The summed E-state index contributed by atoms with van der Waals surface area (Å²) in [5, 5.41) is 15.6. The zero-order chi connectivity index (χ0) is 20.8. The van der Waals surface area contributed by atoms with Crippen molar-refractivity contribution in [3.8, 4) is 0 Å². The van der Waals surface area contributed by atoms with Gasteiger partial charge in [-0.15, -0.1) is 0 Å². The number of likely N-dealkylation sites (tertiary alicyclic amines) is 1. The lowest BCUT2D eigenvalue weighted by molar-refractivity contribution is 0.0696. The molecule has 3 N–H and O–H groups in total. The second kappa shape index (κ2) is 9.22. The third kappa shape index (κ3) is 5.56. The number of hydrogen-bond donors (Lipinski definition) is 3. The molecule has 0 unspecified atom stereocenters. The van der Waals surface area contributed by atoms with E-state index in [-0.39, 0.29) is 17.7 Å². The van der Waals surface area contributed by atoms with E-state index in [1.807, 2.05) is 13.0 Å². The molecule has 1 fully saturated rings. The first-order valence-electron chi connectivity index (χ1n) is 9.59. The van der Waals surface area contributed by atoms with E-state index >= 15 is 0 Å². The number of rotatable bonds is 6. The minimum atomic E-state index is -0.963. The van der Waals surface area contributed by atoms with E-state index in [9.17, 15) is 9.59 Å². The normalized spacial score (nSPS) is 14.3. The Morgan fingerprint density at radius 2 is 1.83 bits per heavy atom. The minimum absolute atomic E-state index is 0.206. The molecule has 154 valence electrons. The highest BCUT2D eigenvalue weighted by molar-refractivity contribution is 5.88. The molecule has 2 aromatic rings. The maximum Gasteiger partial charge on any atom is 0.409 e. The van der Waals surface area contributed by atoms with Crippen LogP contribution < -0.4 is 10.6 Å². The van der Waals surface area contributed by atoms with Gasteiger partial charge in [-0.2, -0.15) is 0 Å². The van der Waals surface area contributed by atoms with E-state index in [1.165, 1.54) is 12.1 Å². The topological polar surface area (TPSA) is 117 Å². The van der Waals surface area contributed by atoms with Gasteiger partial charge >= 0.3 is 12.1 Å². The van der Waals surface area contributed by atoms with Crippen molar-refractivity contribution in [2.24, 2.45) is 0 Å². The van der Waals surface area contributed by atoms with Gasteiger partial charge in [-0.25, -0.2) is 19.6 Å². The van der Waals surface area contributed by atoms with E-state index < -0.39 is 5.97 Å². The molecule has 0 spiro atoms. The molecule has 1 aliphatic heterocycles. The zero-order valence-corrected chi connectivity index (χ0v) is 16.5. The fourth-order valence-corrected chi connectivity index (χ4v) is 3.18. The van der Waals surface area contributed by atoms with Crippen molar-refractivity contribution in [3.05, 3.63) is 41.7 Å². The van der Waals surface area contributed by atoms with E-state index in [1.54, 1.807) is 24.0 Å². The van der Waals surface area contributed by atoms with Crippen LogP contribution in [0.25, 0.3) is 0 Å².